The molecule has 1 aliphatic rings. The number of anilines is 1. The summed E-state index contributed by atoms with van der Waals surface area (Å²) in [6.45, 7) is 4.45. The van der Waals surface area contributed by atoms with Crippen LogP contribution in [0.3, 0.4) is 0 Å². The zero-order chi connectivity index (χ0) is 13.8. The van der Waals surface area contributed by atoms with Crippen molar-refractivity contribution in [3.8, 4) is 0 Å². The molecule has 1 fully saturated rings. The zero-order valence-electron chi connectivity index (χ0n) is 11.1. The molecule has 2 unspecified atom stereocenters. The Morgan fingerprint density at radius 1 is 1.58 bits per heavy atom. The molecule has 5 heteroatoms. The lowest BCUT2D eigenvalue weighted by Crippen LogP contribution is -2.24. The van der Waals surface area contributed by atoms with Crippen molar-refractivity contribution < 1.29 is 9.53 Å². The van der Waals surface area contributed by atoms with Crippen molar-refractivity contribution in [2.45, 2.75) is 31.6 Å². The molecular weight excluding hydrogens is 326 g/mol. The molecule has 1 N–H and O–H groups in total. The quantitative estimate of drug-likeness (QED) is 0.840. The normalized spacial score (nSPS) is 22.3. The second-order valence-corrected chi connectivity index (χ2v) is 6.87. The van der Waals surface area contributed by atoms with E-state index in [0.717, 1.165) is 10.2 Å². The van der Waals surface area contributed by atoms with Gasteiger partial charge in [0, 0.05) is 21.5 Å². The van der Waals surface area contributed by atoms with E-state index in [0.29, 0.717) is 23.5 Å². The Labute approximate surface area is 126 Å². The number of hydrogen-bond acceptors (Lipinski definition) is 4. The number of carbonyl (C=O) groups excluding carboxylic acids is 1. The van der Waals surface area contributed by atoms with E-state index < -0.39 is 0 Å². The lowest BCUT2D eigenvalue weighted by atomic mass is 10.1. The van der Waals surface area contributed by atoms with Gasteiger partial charge >= 0.3 is 5.97 Å². The molecule has 0 aliphatic carbocycles. The minimum Gasteiger partial charge on any atom is -0.462 e. The van der Waals surface area contributed by atoms with E-state index in [1.54, 1.807) is 6.07 Å². The van der Waals surface area contributed by atoms with Crippen molar-refractivity contribution in [1.29, 1.82) is 0 Å². The maximum Gasteiger partial charge on any atom is 0.338 e. The van der Waals surface area contributed by atoms with Crippen LogP contribution in [0, 0.1) is 0 Å². The predicted molar refractivity (Wildman–Crippen MR) is 84.0 cm³/mol. The molecule has 0 saturated carbocycles. The smallest absolute Gasteiger partial charge is 0.338 e. The van der Waals surface area contributed by atoms with Crippen LogP contribution in [-0.4, -0.2) is 29.6 Å². The van der Waals surface area contributed by atoms with Crippen molar-refractivity contribution >= 4 is 39.3 Å². The van der Waals surface area contributed by atoms with Gasteiger partial charge in [-0.15, -0.1) is 0 Å². The first-order valence-corrected chi connectivity index (χ1v) is 8.30. The van der Waals surface area contributed by atoms with Crippen LogP contribution >= 0.6 is 27.7 Å². The first-order chi connectivity index (χ1) is 9.11. The van der Waals surface area contributed by atoms with Gasteiger partial charge in [-0.05, 0) is 53.2 Å². The van der Waals surface area contributed by atoms with Gasteiger partial charge < -0.3 is 10.1 Å². The number of rotatable bonds is 4. The molecule has 3 nitrogen and oxygen atoms in total. The first kappa shape index (κ1) is 14.7. The number of ether oxygens (including phenoxy) is 1. The molecule has 1 aliphatic heterocycles. The Morgan fingerprint density at radius 2 is 2.37 bits per heavy atom. The number of thioether (sulfide) groups is 1. The average Bonchev–Trinajstić information content (AvgIpc) is 2.78. The number of benzene rings is 1. The number of esters is 1. The molecule has 1 aromatic carbocycles. The molecule has 0 bridgehead atoms. The van der Waals surface area contributed by atoms with E-state index in [4.69, 9.17) is 4.74 Å². The Bertz CT molecular complexity index is 467. The summed E-state index contributed by atoms with van der Waals surface area (Å²) in [5.41, 5.74) is 1.61. The Kier molecular flexibility index (Phi) is 5.16. The van der Waals surface area contributed by atoms with Crippen molar-refractivity contribution in [1.82, 2.24) is 0 Å². The molecule has 2 atom stereocenters. The summed E-state index contributed by atoms with van der Waals surface area (Å²) < 4.78 is 5.89. The molecule has 0 amide bonds. The summed E-state index contributed by atoms with van der Waals surface area (Å²) in [6, 6.07) is 6.05. The number of nitrogens with one attached hydrogen (secondary N) is 1. The van der Waals surface area contributed by atoms with Gasteiger partial charge in [0.15, 0.2) is 0 Å². The van der Waals surface area contributed by atoms with E-state index >= 15 is 0 Å². The van der Waals surface area contributed by atoms with Gasteiger partial charge in [-0.3, -0.25) is 0 Å². The summed E-state index contributed by atoms with van der Waals surface area (Å²) in [7, 11) is 0. The van der Waals surface area contributed by atoms with E-state index in [1.165, 1.54) is 12.2 Å². The Hall–Kier alpha value is -0.680. The van der Waals surface area contributed by atoms with Crippen LogP contribution < -0.4 is 5.32 Å². The minimum atomic E-state index is -0.278. The largest absolute Gasteiger partial charge is 0.462 e. The maximum absolute atomic E-state index is 11.6. The third-order valence-electron chi connectivity index (χ3n) is 3.20. The Balaban J connectivity index is 2.08. The molecule has 2 rings (SSSR count). The van der Waals surface area contributed by atoms with Crippen molar-refractivity contribution in [2.75, 3.05) is 17.7 Å². The van der Waals surface area contributed by atoms with E-state index in [1.807, 2.05) is 30.8 Å². The molecule has 104 valence electrons. The summed E-state index contributed by atoms with van der Waals surface area (Å²) in [6.07, 6.45) is 1.18. The van der Waals surface area contributed by atoms with Crippen LogP contribution in [-0.2, 0) is 4.74 Å². The highest BCUT2D eigenvalue weighted by Crippen LogP contribution is 2.31. The molecule has 0 aromatic heterocycles. The van der Waals surface area contributed by atoms with Crippen LogP contribution in [0.15, 0.2) is 22.7 Å². The zero-order valence-corrected chi connectivity index (χ0v) is 13.5. The van der Waals surface area contributed by atoms with E-state index in [-0.39, 0.29) is 5.97 Å². The van der Waals surface area contributed by atoms with Gasteiger partial charge in [-0.1, -0.05) is 6.92 Å². The fraction of sp³-hybridized carbons (Fsp3) is 0.500. The van der Waals surface area contributed by atoms with E-state index in [9.17, 15) is 4.79 Å². The second-order valence-electron chi connectivity index (χ2n) is 4.53. The lowest BCUT2D eigenvalue weighted by molar-refractivity contribution is 0.0526. The molecular formula is C14H18BrNO2S. The van der Waals surface area contributed by atoms with Crippen molar-refractivity contribution in [3.05, 3.63) is 28.2 Å². The monoisotopic (exact) mass is 343 g/mol. The molecule has 1 saturated heterocycles. The van der Waals surface area contributed by atoms with Gasteiger partial charge in [0.05, 0.1) is 12.2 Å². The van der Waals surface area contributed by atoms with Crippen molar-refractivity contribution in [3.63, 3.8) is 0 Å². The fourth-order valence-corrected chi connectivity index (χ4v) is 3.79. The highest BCUT2D eigenvalue weighted by atomic mass is 79.9. The van der Waals surface area contributed by atoms with Gasteiger partial charge in [0.1, 0.15) is 0 Å². The topological polar surface area (TPSA) is 38.3 Å². The predicted octanol–water partition coefficient (Wildman–Crippen LogP) is 3.93. The lowest BCUT2D eigenvalue weighted by Gasteiger charge is -2.19. The van der Waals surface area contributed by atoms with Crippen LogP contribution in [0.2, 0.25) is 0 Å². The van der Waals surface area contributed by atoms with Crippen LogP contribution in [0.25, 0.3) is 0 Å². The maximum atomic E-state index is 11.6. The SMILES string of the molecule is CCOC(=O)c1ccc(NC2CCSC2C)c(Br)c1. The van der Waals surface area contributed by atoms with Crippen LogP contribution in [0.4, 0.5) is 5.69 Å². The third kappa shape index (κ3) is 3.66. The highest BCUT2D eigenvalue weighted by Gasteiger charge is 2.24. The Morgan fingerprint density at radius 3 is 2.95 bits per heavy atom. The highest BCUT2D eigenvalue weighted by molar-refractivity contribution is 9.10. The average molecular weight is 344 g/mol. The molecule has 19 heavy (non-hydrogen) atoms. The second kappa shape index (κ2) is 6.66. The van der Waals surface area contributed by atoms with Gasteiger partial charge in [-0.2, -0.15) is 11.8 Å². The van der Waals surface area contributed by atoms with Crippen molar-refractivity contribution in [2.24, 2.45) is 0 Å². The minimum absolute atomic E-state index is 0.278. The molecule has 1 aromatic rings. The fourth-order valence-electron chi connectivity index (χ4n) is 2.09. The van der Waals surface area contributed by atoms with E-state index in [2.05, 4.69) is 28.2 Å². The summed E-state index contributed by atoms with van der Waals surface area (Å²) in [5, 5.41) is 4.16. The number of halogens is 1. The third-order valence-corrected chi connectivity index (χ3v) is 5.18. The van der Waals surface area contributed by atoms with Gasteiger partial charge in [-0.25, -0.2) is 4.79 Å². The van der Waals surface area contributed by atoms with Gasteiger partial charge in [0.25, 0.3) is 0 Å². The van der Waals surface area contributed by atoms with Crippen LogP contribution in [0.5, 0.6) is 0 Å². The summed E-state index contributed by atoms with van der Waals surface area (Å²) >= 11 is 5.51. The van der Waals surface area contributed by atoms with Crippen LogP contribution in [0.1, 0.15) is 30.6 Å². The molecule has 1 heterocycles. The first-order valence-electron chi connectivity index (χ1n) is 6.46. The number of carbonyl (C=O) groups is 1. The number of hydrogen-bond donors (Lipinski definition) is 1. The standard InChI is InChI=1S/C14H18BrNO2S/c1-3-18-14(17)10-4-5-13(11(15)8-10)16-12-6-7-19-9(12)2/h4-5,8-9,12,16H,3,6-7H2,1-2H3. The summed E-state index contributed by atoms with van der Waals surface area (Å²) in [5.74, 6) is 0.928. The van der Waals surface area contributed by atoms with Gasteiger partial charge in [0.2, 0.25) is 0 Å². The molecule has 0 radical (unpaired) electrons. The molecule has 0 spiro atoms. The summed E-state index contributed by atoms with van der Waals surface area (Å²) in [4.78, 5) is 11.6.